The van der Waals surface area contributed by atoms with E-state index >= 15 is 0 Å². The number of aliphatic hydroxyl groups is 4. The van der Waals surface area contributed by atoms with Crippen LogP contribution in [0.5, 0.6) is 0 Å². The van der Waals surface area contributed by atoms with Crippen molar-refractivity contribution >= 4 is 11.7 Å². The van der Waals surface area contributed by atoms with Gasteiger partial charge in [-0.1, -0.05) is 13.3 Å². The Hall–Kier alpha value is -2.11. The third-order valence-electron chi connectivity index (χ3n) is 4.43. The SMILES string of the molecule is CCCCC(=O)O[C@@]1(c2ccc([N+](=O)[O-])cc2)O[C@H](CO)[C@@H](O)[C@H](O)[C@H]1O. The van der Waals surface area contributed by atoms with Crippen LogP contribution >= 0.6 is 0 Å². The summed E-state index contributed by atoms with van der Waals surface area (Å²) in [7, 11) is 0. The van der Waals surface area contributed by atoms with Gasteiger partial charge < -0.3 is 29.9 Å². The fourth-order valence-electron chi connectivity index (χ4n) is 2.88. The summed E-state index contributed by atoms with van der Waals surface area (Å²) in [6.45, 7) is 1.15. The zero-order valence-electron chi connectivity index (χ0n) is 14.7. The predicted octanol–water partition coefficient (Wildman–Crippen LogP) is -0.0452. The van der Waals surface area contributed by atoms with Gasteiger partial charge in [0.1, 0.15) is 18.3 Å². The van der Waals surface area contributed by atoms with Gasteiger partial charge in [-0.25, -0.2) is 0 Å². The molecular formula is C17H23NO9. The van der Waals surface area contributed by atoms with Crippen LogP contribution < -0.4 is 0 Å². The maximum absolute atomic E-state index is 12.2. The second-order valence-electron chi connectivity index (χ2n) is 6.31. The van der Waals surface area contributed by atoms with E-state index in [-0.39, 0.29) is 17.7 Å². The molecular weight excluding hydrogens is 362 g/mol. The molecule has 10 heteroatoms. The van der Waals surface area contributed by atoms with Gasteiger partial charge >= 0.3 is 5.97 Å². The second kappa shape index (κ2) is 8.72. The van der Waals surface area contributed by atoms with Crippen LogP contribution in [0.3, 0.4) is 0 Å². The molecule has 0 spiro atoms. The van der Waals surface area contributed by atoms with Gasteiger partial charge in [-0.3, -0.25) is 14.9 Å². The Morgan fingerprint density at radius 2 is 1.89 bits per heavy atom. The van der Waals surface area contributed by atoms with E-state index in [9.17, 15) is 35.3 Å². The number of nitrogens with zero attached hydrogens (tertiary/aromatic N) is 1. The smallest absolute Gasteiger partial charge is 0.308 e. The van der Waals surface area contributed by atoms with E-state index in [0.717, 1.165) is 12.1 Å². The van der Waals surface area contributed by atoms with Crippen LogP contribution in [-0.4, -0.2) is 62.3 Å². The third-order valence-corrected chi connectivity index (χ3v) is 4.43. The van der Waals surface area contributed by atoms with Gasteiger partial charge in [0.15, 0.2) is 6.10 Å². The van der Waals surface area contributed by atoms with E-state index in [4.69, 9.17) is 9.47 Å². The monoisotopic (exact) mass is 385 g/mol. The topological polar surface area (TPSA) is 160 Å². The Morgan fingerprint density at radius 3 is 2.41 bits per heavy atom. The third kappa shape index (κ3) is 4.25. The molecule has 1 heterocycles. The van der Waals surface area contributed by atoms with E-state index in [2.05, 4.69) is 0 Å². The summed E-state index contributed by atoms with van der Waals surface area (Å²) in [6.07, 6.45) is -5.40. The Kier molecular flexibility index (Phi) is 6.84. The molecule has 2 rings (SSSR count). The van der Waals surface area contributed by atoms with Crippen molar-refractivity contribution in [2.45, 2.75) is 56.4 Å². The molecule has 1 aromatic carbocycles. The van der Waals surface area contributed by atoms with Crippen LogP contribution in [0, 0.1) is 10.1 Å². The van der Waals surface area contributed by atoms with Crippen molar-refractivity contribution < 1.29 is 39.6 Å². The Balaban J connectivity index is 2.47. The molecule has 0 radical (unpaired) electrons. The highest BCUT2D eigenvalue weighted by molar-refractivity contribution is 5.70. The quantitative estimate of drug-likeness (QED) is 0.287. The Bertz CT molecular complexity index is 663. The largest absolute Gasteiger partial charge is 0.425 e. The maximum Gasteiger partial charge on any atom is 0.308 e. The van der Waals surface area contributed by atoms with Gasteiger partial charge in [0.2, 0.25) is 0 Å². The van der Waals surface area contributed by atoms with Gasteiger partial charge in [0.25, 0.3) is 11.5 Å². The molecule has 0 aliphatic carbocycles. The number of hydrogen-bond acceptors (Lipinski definition) is 9. The molecule has 10 nitrogen and oxygen atoms in total. The number of carbonyl (C=O) groups excluding carboxylic acids is 1. The lowest BCUT2D eigenvalue weighted by Crippen LogP contribution is -2.64. The van der Waals surface area contributed by atoms with Crippen LogP contribution in [-0.2, 0) is 20.1 Å². The molecule has 27 heavy (non-hydrogen) atoms. The van der Waals surface area contributed by atoms with Crippen LogP contribution in [0.2, 0.25) is 0 Å². The first-order valence-corrected chi connectivity index (χ1v) is 8.56. The van der Waals surface area contributed by atoms with Crippen molar-refractivity contribution in [3.63, 3.8) is 0 Å². The number of unbranched alkanes of at least 4 members (excludes halogenated alkanes) is 1. The Labute approximate surface area is 155 Å². The molecule has 1 aromatic rings. The maximum atomic E-state index is 12.2. The van der Waals surface area contributed by atoms with Crippen molar-refractivity contribution in [3.05, 3.63) is 39.9 Å². The molecule has 1 aliphatic rings. The zero-order chi connectivity index (χ0) is 20.2. The summed E-state index contributed by atoms with van der Waals surface area (Å²) in [5.41, 5.74) is -0.217. The minimum absolute atomic E-state index is 0.0176. The summed E-state index contributed by atoms with van der Waals surface area (Å²) in [5.74, 6) is -2.96. The fraction of sp³-hybridized carbons (Fsp3) is 0.588. The van der Waals surface area contributed by atoms with Gasteiger partial charge in [-0.15, -0.1) is 0 Å². The number of nitro groups is 1. The Morgan fingerprint density at radius 1 is 1.26 bits per heavy atom. The molecule has 5 atom stereocenters. The number of hydrogen-bond donors (Lipinski definition) is 4. The van der Waals surface area contributed by atoms with E-state index in [1.165, 1.54) is 12.1 Å². The minimum Gasteiger partial charge on any atom is -0.425 e. The van der Waals surface area contributed by atoms with Crippen LogP contribution in [0.1, 0.15) is 31.7 Å². The lowest BCUT2D eigenvalue weighted by Gasteiger charge is -2.47. The average molecular weight is 385 g/mol. The van der Waals surface area contributed by atoms with E-state index in [0.29, 0.717) is 12.8 Å². The van der Waals surface area contributed by atoms with E-state index < -0.39 is 47.7 Å². The molecule has 0 amide bonds. The molecule has 0 aromatic heterocycles. The van der Waals surface area contributed by atoms with Crippen molar-refractivity contribution in [3.8, 4) is 0 Å². The fourth-order valence-corrected chi connectivity index (χ4v) is 2.88. The first-order chi connectivity index (χ1) is 12.8. The molecule has 0 saturated carbocycles. The van der Waals surface area contributed by atoms with E-state index in [1.807, 2.05) is 6.92 Å². The molecule has 150 valence electrons. The normalized spacial score (nSPS) is 30.7. The minimum atomic E-state index is -2.23. The number of esters is 1. The molecule has 1 aliphatic heterocycles. The number of carbonyl (C=O) groups is 1. The van der Waals surface area contributed by atoms with Crippen molar-refractivity contribution in [1.29, 1.82) is 0 Å². The van der Waals surface area contributed by atoms with Crippen LogP contribution in [0.25, 0.3) is 0 Å². The van der Waals surface area contributed by atoms with Crippen LogP contribution in [0.15, 0.2) is 24.3 Å². The molecule has 4 N–H and O–H groups in total. The lowest BCUT2D eigenvalue weighted by molar-refractivity contribution is -0.385. The molecule has 1 saturated heterocycles. The summed E-state index contributed by atoms with van der Waals surface area (Å²) in [4.78, 5) is 22.5. The number of rotatable bonds is 7. The summed E-state index contributed by atoms with van der Waals surface area (Å²) >= 11 is 0. The van der Waals surface area contributed by atoms with Gasteiger partial charge in [0, 0.05) is 24.1 Å². The highest BCUT2D eigenvalue weighted by Gasteiger charge is 2.57. The highest BCUT2D eigenvalue weighted by Crippen LogP contribution is 2.40. The predicted molar refractivity (Wildman–Crippen MR) is 90.4 cm³/mol. The number of aliphatic hydroxyl groups excluding tert-OH is 4. The highest BCUT2D eigenvalue weighted by atomic mass is 16.7. The number of nitro benzene ring substituents is 1. The summed E-state index contributed by atoms with van der Waals surface area (Å²) < 4.78 is 10.9. The molecule has 0 bridgehead atoms. The number of non-ortho nitro benzene ring substituents is 1. The number of benzene rings is 1. The second-order valence-corrected chi connectivity index (χ2v) is 6.31. The molecule has 1 fully saturated rings. The summed E-state index contributed by atoms with van der Waals surface area (Å²) in [5, 5.41) is 51.0. The average Bonchev–Trinajstić information content (AvgIpc) is 2.67. The lowest BCUT2D eigenvalue weighted by atomic mass is 9.88. The standard InChI is InChI=1S/C17H23NO9/c1-2-3-4-13(20)27-17(10-5-7-11(8-6-10)18(24)25)16(23)15(22)14(21)12(9-19)26-17/h5-8,12,14-16,19,21-23H,2-4,9H2,1H3/t12-,14-,15+,16-,17-/m1/s1. The van der Waals surface area contributed by atoms with Crippen molar-refractivity contribution in [2.75, 3.05) is 6.61 Å². The molecule has 0 unspecified atom stereocenters. The van der Waals surface area contributed by atoms with Crippen molar-refractivity contribution in [2.24, 2.45) is 0 Å². The van der Waals surface area contributed by atoms with Gasteiger partial charge in [-0.2, -0.15) is 0 Å². The first kappa shape index (κ1) is 21.2. The van der Waals surface area contributed by atoms with Crippen molar-refractivity contribution in [1.82, 2.24) is 0 Å². The van der Waals surface area contributed by atoms with Gasteiger partial charge in [-0.05, 0) is 18.6 Å². The van der Waals surface area contributed by atoms with E-state index in [1.54, 1.807) is 0 Å². The summed E-state index contributed by atoms with van der Waals surface area (Å²) in [6, 6.07) is 4.68. The number of ether oxygens (including phenoxy) is 2. The first-order valence-electron chi connectivity index (χ1n) is 8.56. The van der Waals surface area contributed by atoms with Crippen LogP contribution in [0.4, 0.5) is 5.69 Å². The van der Waals surface area contributed by atoms with Gasteiger partial charge in [0.05, 0.1) is 11.5 Å². The zero-order valence-corrected chi connectivity index (χ0v) is 14.7.